The zero-order chi connectivity index (χ0) is 16.1. The Morgan fingerprint density at radius 3 is 2.64 bits per heavy atom. The summed E-state index contributed by atoms with van der Waals surface area (Å²) in [4.78, 5) is 34.5. The summed E-state index contributed by atoms with van der Waals surface area (Å²) in [5.41, 5.74) is 1.24. The number of alkyl carbamates (subject to hydrolysis) is 1. The van der Waals surface area contributed by atoms with Gasteiger partial charge in [0.15, 0.2) is 6.61 Å². The van der Waals surface area contributed by atoms with Gasteiger partial charge in [0, 0.05) is 24.1 Å². The number of hydrogen-bond acceptors (Lipinski definition) is 5. The Hall–Kier alpha value is -2.83. The van der Waals surface area contributed by atoms with Gasteiger partial charge >= 0.3 is 12.1 Å². The number of nitrogens with one attached hydrogen (secondary N) is 1. The van der Waals surface area contributed by atoms with Gasteiger partial charge in [0.25, 0.3) is 5.91 Å². The molecule has 1 aromatic heterocycles. The van der Waals surface area contributed by atoms with Gasteiger partial charge in [-0.15, -0.1) is 0 Å². The van der Waals surface area contributed by atoms with E-state index in [2.05, 4.69) is 4.74 Å². The number of carbonyl (C=O) groups excluding carboxylic acids is 3. The van der Waals surface area contributed by atoms with Gasteiger partial charge in [-0.1, -0.05) is 18.2 Å². The lowest BCUT2D eigenvalue weighted by Gasteiger charge is -2.05. The summed E-state index contributed by atoms with van der Waals surface area (Å²) in [7, 11) is 1.81. The highest BCUT2D eigenvalue weighted by Crippen LogP contribution is 2.20. The summed E-state index contributed by atoms with van der Waals surface area (Å²) in [6.45, 7) is 1.21. The van der Waals surface area contributed by atoms with E-state index in [4.69, 9.17) is 4.74 Å². The van der Waals surface area contributed by atoms with Gasteiger partial charge in [-0.25, -0.2) is 9.59 Å². The zero-order valence-corrected chi connectivity index (χ0v) is 12.3. The highest BCUT2D eigenvalue weighted by molar-refractivity contribution is 6.05. The first-order valence-electron chi connectivity index (χ1n) is 6.70. The Kier molecular flexibility index (Phi) is 4.77. The fourth-order valence-corrected chi connectivity index (χ4v) is 2.03. The second-order valence-corrected chi connectivity index (χ2v) is 4.52. The van der Waals surface area contributed by atoms with E-state index >= 15 is 0 Å². The lowest BCUT2D eigenvalue weighted by atomic mass is 10.2. The van der Waals surface area contributed by atoms with E-state index in [0.29, 0.717) is 5.56 Å². The van der Waals surface area contributed by atoms with E-state index in [1.807, 2.05) is 30.6 Å². The van der Waals surface area contributed by atoms with Gasteiger partial charge < -0.3 is 14.0 Å². The Balaban J connectivity index is 2.00. The van der Waals surface area contributed by atoms with Crippen molar-refractivity contribution in [3.8, 4) is 0 Å². The van der Waals surface area contributed by atoms with Crippen molar-refractivity contribution >= 4 is 28.9 Å². The Morgan fingerprint density at radius 1 is 1.18 bits per heavy atom. The number of benzene rings is 1. The molecule has 1 aromatic carbocycles. The van der Waals surface area contributed by atoms with Crippen molar-refractivity contribution in [1.29, 1.82) is 0 Å². The molecular weight excluding hydrogens is 288 g/mol. The molecule has 0 saturated heterocycles. The number of carbonyl (C=O) groups is 3. The molecule has 1 heterocycles. The zero-order valence-electron chi connectivity index (χ0n) is 12.3. The van der Waals surface area contributed by atoms with Gasteiger partial charge in [-0.3, -0.25) is 10.1 Å². The van der Waals surface area contributed by atoms with Gasteiger partial charge in [0.2, 0.25) is 0 Å². The third-order valence-corrected chi connectivity index (χ3v) is 2.97. The fraction of sp³-hybridized carbons (Fsp3) is 0.267. The molecule has 0 radical (unpaired) electrons. The second kappa shape index (κ2) is 6.75. The molecule has 0 spiro atoms. The summed E-state index contributed by atoms with van der Waals surface area (Å²) >= 11 is 0. The number of hydrogen-bond donors (Lipinski definition) is 1. The molecule has 2 aromatic rings. The molecule has 7 heteroatoms. The first kappa shape index (κ1) is 15.6. The lowest BCUT2D eigenvalue weighted by Crippen LogP contribution is -2.34. The highest BCUT2D eigenvalue weighted by atomic mass is 16.6. The molecule has 2 rings (SSSR count). The molecule has 0 aliphatic heterocycles. The van der Waals surface area contributed by atoms with Crippen molar-refractivity contribution in [2.24, 2.45) is 7.05 Å². The minimum absolute atomic E-state index is 0.148. The molecule has 0 unspecified atom stereocenters. The summed E-state index contributed by atoms with van der Waals surface area (Å²) in [6.07, 6.45) is 0.768. The first-order valence-corrected chi connectivity index (χ1v) is 6.70. The number of ether oxygens (including phenoxy) is 2. The number of aromatic nitrogens is 1. The molecule has 0 fully saturated rings. The van der Waals surface area contributed by atoms with Crippen molar-refractivity contribution in [3.63, 3.8) is 0 Å². The van der Waals surface area contributed by atoms with Crippen molar-refractivity contribution in [3.05, 3.63) is 36.0 Å². The molecule has 0 aliphatic carbocycles. The number of aryl methyl sites for hydroxylation is 1. The van der Waals surface area contributed by atoms with Crippen molar-refractivity contribution in [1.82, 2.24) is 9.88 Å². The number of para-hydroxylation sites is 1. The molecular formula is C15H16N2O5. The molecule has 0 atom stereocenters. The molecule has 1 N–H and O–H groups in total. The Morgan fingerprint density at radius 2 is 1.91 bits per heavy atom. The maximum Gasteiger partial charge on any atom is 0.413 e. The standard InChI is InChI=1S/C15H16N2O5/c1-3-21-15(20)16-13(18)9-22-14(19)11-8-17(2)12-7-5-4-6-10(11)12/h4-8H,3,9H2,1-2H3,(H,16,18,20). The van der Waals surface area contributed by atoms with Gasteiger partial charge in [-0.2, -0.15) is 0 Å². The molecule has 0 aliphatic rings. The van der Waals surface area contributed by atoms with E-state index < -0.39 is 24.6 Å². The van der Waals surface area contributed by atoms with Crippen LogP contribution in [0.5, 0.6) is 0 Å². The van der Waals surface area contributed by atoms with Crippen LogP contribution in [-0.4, -0.2) is 35.8 Å². The van der Waals surface area contributed by atoms with Gasteiger partial charge in [-0.05, 0) is 13.0 Å². The average Bonchev–Trinajstić information content (AvgIpc) is 2.83. The van der Waals surface area contributed by atoms with E-state index in [1.54, 1.807) is 23.8 Å². The molecule has 2 amide bonds. The summed E-state index contributed by atoms with van der Waals surface area (Å²) in [5.74, 6) is -1.37. The number of esters is 1. The number of amides is 2. The SMILES string of the molecule is CCOC(=O)NC(=O)COC(=O)c1cn(C)c2ccccc12. The third kappa shape index (κ3) is 3.43. The minimum Gasteiger partial charge on any atom is -0.452 e. The summed E-state index contributed by atoms with van der Waals surface area (Å²) in [5, 5.41) is 2.68. The normalized spacial score (nSPS) is 10.3. The smallest absolute Gasteiger partial charge is 0.413 e. The quantitative estimate of drug-likeness (QED) is 0.867. The van der Waals surface area contributed by atoms with Gasteiger partial charge in [0.1, 0.15) is 0 Å². The van der Waals surface area contributed by atoms with Crippen molar-refractivity contribution in [2.45, 2.75) is 6.92 Å². The van der Waals surface area contributed by atoms with Crippen LogP contribution in [-0.2, 0) is 21.3 Å². The number of imide groups is 1. The number of nitrogens with zero attached hydrogens (tertiary/aromatic N) is 1. The average molecular weight is 304 g/mol. The van der Waals surface area contributed by atoms with Crippen LogP contribution < -0.4 is 5.32 Å². The Bertz CT molecular complexity index is 720. The Labute approximate surface area is 126 Å². The minimum atomic E-state index is -0.867. The van der Waals surface area contributed by atoms with Crippen molar-refractivity contribution < 1.29 is 23.9 Å². The summed E-state index contributed by atoms with van der Waals surface area (Å²) < 4.78 is 11.3. The maximum absolute atomic E-state index is 12.1. The van der Waals surface area contributed by atoms with E-state index in [1.165, 1.54) is 0 Å². The predicted octanol–water partition coefficient (Wildman–Crippen LogP) is 1.61. The van der Waals surface area contributed by atoms with E-state index in [9.17, 15) is 14.4 Å². The highest BCUT2D eigenvalue weighted by Gasteiger charge is 2.17. The van der Waals surface area contributed by atoms with Crippen LogP contribution >= 0.6 is 0 Å². The molecule has 22 heavy (non-hydrogen) atoms. The fourth-order valence-electron chi connectivity index (χ4n) is 2.03. The monoisotopic (exact) mass is 304 g/mol. The molecule has 7 nitrogen and oxygen atoms in total. The second-order valence-electron chi connectivity index (χ2n) is 4.52. The van der Waals surface area contributed by atoms with Gasteiger partial charge in [0.05, 0.1) is 12.2 Å². The third-order valence-electron chi connectivity index (χ3n) is 2.97. The lowest BCUT2D eigenvalue weighted by molar-refractivity contribution is -0.123. The van der Waals surface area contributed by atoms with E-state index in [0.717, 1.165) is 10.9 Å². The van der Waals surface area contributed by atoms with Crippen LogP contribution in [0.1, 0.15) is 17.3 Å². The molecule has 0 saturated carbocycles. The predicted molar refractivity (Wildman–Crippen MR) is 78.4 cm³/mol. The van der Waals surface area contributed by atoms with Crippen molar-refractivity contribution in [2.75, 3.05) is 13.2 Å². The van der Waals surface area contributed by atoms with Crippen LogP contribution in [0.2, 0.25) is 0 Å². The van der Waals surface area contributed by atoms with Crippen LogP contribution in [0.4, 0.5) is 4.79 Å². The largest absolute Gasteiger partial charge is 0.452 e. The topological polar surface area (TPSA) is 86.6 Å². The maximum atomic E-state index is 12.1. The van der Waals surface area contributed by atoms with Crippen LogP contribution in [0.25, 0.3) is 10.9 Å². The molecule has 116 valence electrons. The van der Waals surface area contributed by atoms with Crippen LogP contribution in [0, 0.1) is 0 Å². The first-order chi connectivity index (χ1) is 10.5. The van der Waals surface area contributed by atoms with Crippen LogP contribution in [0.3, 0.4) is 0 Å². The number of rotatable bonds is 4. The summed E-state index contributed by atoms with van der Waals surface area (Å²) in [6, 6.07) is 7.35. The van der Waals surface area contributed by atoms with Crippen LogP contribution in [0.15, 0.2) is 30.5 Å². The molecule has 0 bridgehead atoms. The van der Waals surface area contributed by atoms with E-state index in [-0.39, 0.29) is 6.61 Å². The number of fused-ring (bicyclic) bond motifs is 1.